The van der Waals surface area contributed by atoms with Crippen molar-refractivity contribution in [3.63, 3.8) is 0 Å². The molecule has 0 aliphatic carbocycles. The van der Waals surface area contributed by atoms with Crippen LogP contribution in [0.1, 0.15) is 12.8 Å². The zero-order chi connectivity index (χ0) is 22.1. The normalized spacial score (nSPS) is 16.9. The fourth-order valence-electron chi connectivity index (χ4n) is 4.02. The highest BCUT2D eigenvalue weighted by molar-refractivity contribution is 7.96. The number of anilines is 2. The van der Waals surface area contributed by atoms with Crippen LogP contribution in [0.15, 0.2) is 94.9 Å². The summed E-state index contributed by atoms with van der Waals surface area (Å²) in [5, 5.41) is 0. The van der Waals surface area contributed by atoms with E-state index in [4.69, 9.17) is 4.74 Å². The van der Waals surface area contributed by atoms with Crippen LogP contribution in [0.3, 0.4) is 0 Å². The van der Waals surface area contributed by atoms with Gasteiger partial charge in [0.25, 0.3) is 5.91 Å². The molecule has 5 rings (SSSR count). The summed E-state index contributed by atoms with van der Waals surface area (Å²) < 4.78 is 32.4. The van der Waals surface area contributed by atoms with Crippen molar-refractivity contribution in [1.29, 1.82) is 0 Å². The molecule has 1 amide bonds. The number of fused-ring (bicyclic) bond motifs is 1. The molecule has 1 saturated heterocycles. The van der Waals surface area contributed by atoms with Gasteiger partial charge in [-0.3, -0.25) is 4.79 Å². The van der Waals surface area contributed by atoms with E-state index in [9.17, 15) is 13.2 Å². The van der Waals surface area contributed by atoms with E-state index in [-0.39, 0.29) is 9.80 Å². The van der Waals surface area contributed by atoms with Gasteiger partial charge in [0.05, 0.1) is 10.6 Å². The number of carbonyl (C=O) groups is 1. The van der Waals surface area contributed by atoms with Crippen LogP contribution in [0.2, 0.25) is 0 Å². The predicted molar refractivity (Wildman–Crippen MR) is 123 cm³/mol. The fraction of sp³-hybridized carbons (Fsp3) is 0.160. The molecule has 0 spiro atoms. The van der Waals surface area contributed by atoms with Gasteiger partial charge in [-0.25, -0.2) is 8.42 Å². The van der Waals surface area contributed by atoms with Crippen molar-refractivity contribution in [1.82, 2.24) is 4.90 Å². The van der Waals surface area contributed by atoms with E-state index in [1.807, 2.05) is 54.6 Å². The third-order valence-corrected chi connectivity index (χ3v) is 7.43. The Kier molecular flexibility index (Phi) is 5.19. The summed E-state index contributed by atoms with van der Waals surface area (Å²) in [6, 6.07) is 23.6. The molecule has 0 radical (unpaired) electrons. The maximum atomic E-state index is 13.3. The molecule has 2 aliphatic heterocycles. The second-order valence-electron chi connectivity index (χ2n) is 7.74. The number of ether oxygens (including phenoxy) is 1. The molecule has 2 aliphatic rings. The molecule has 2 heterocycles. The summed E-state index contributed by atoms with van der Waals surface area (Å²) in [4.78, 5) is 16.4. The summed E-state index contributed by atoms with van der Waals surface area (Å²) in [6.45, 7) is 1.16. The zero-order valence-corrected chi connectivity index (χ0v) is 18.2. The molecule has 6 nitrogen and oxygen atoms in total. The molecular formula is C25H22N2O4S. The summed E-state index contributed by atoms with van der Waals surface area (Å²) in [5.74, 6) is 0.953. The molecule has 0 aromatic heterocycles. The average Bonchev–Trinajstić information content (AvgIpc) is 3.36. The maximum Gasteiger partial charge on any atom is 0.267 e. The molecule has 0 saturated carbocycles. The molecule has 0 unspecified atom stereocenters. The van der Waals surface area contributed by atoms with E-state index in [0.29, 0.717) is 24.5 Å². The lowest BCUT2D eigenvalue weighted by atomic mass is 10.2. The van der Waals surface area contributed by atoms with Gasteiger partial charge in [0.15, 0.2) is 4.91 Å². The Morgan fingerprint density at radius 1 is 0.781 bits per heavy atom. The summed E-state index contributed by atoms with van der Waals surface area (Å²) in [7, 11) is -3.91. The number of hydrogen-bond donors (Lipinski definition) is 0. The van der Waals surface area contributed by atoms with Crippen LogP contribution >= 0.6 is 0 Å². The number of amides is 1. The van der Waals surface area contributed by atoms with Crippen molar-refractivity contribution >= 4 is 27.1 Å². The Bertz CT molecular complexity index is 1280. The Morgan fingerprint density at radius 3 is 2.12 bits per heavy atom. The van der Waals surface area contributed by atoms with Crippen LogP contribution in [-0.2, 0) is 14.6 Å². The van der Waals surface area contributed by atoms with Crippen molar-refractivity contribution in [2.45, 2.75) is 17.7 Å². The predicted octanol–water partition coefficient (Wildman–Crippen LogP) is 4.87. The largest absolute Gasteiger partial charge is 0.457 e. The minimum absolute atomic E-state index is 0.134. The third-order valence-electron chi connectivity index (χ3n) is 5.65. The lowest BCUT2D eigenvalue weighted by molar-refractivity contribution is -0.125. The Balaban J connectivity index is 1.53. The number of hydrogen-bond acceptors (Lipinski definition) is 5. The first kappa shape index (κ1) is 20.3. The van der Waals surface area contributed by atoms with Gasteiger partial charge in [-0.1, -0.05) is 30.3 Å². The number of likely N-dealkylation sites (tertiary alicyclic amines) is 1. The highest BCUT2D eigenvalue weighted by Crippen LogP contribution is 2.40. The van der Waals surface area contributed by atoms with E-state index < -0.39 is 15.7 Å². The number of nitrogens with zero attached hydrogens (tertiary/aromatic N) is 2. The number of benzene rings is 3. The Hall–Kier alpha value is -3.58. The zero-order valence-electron chi connectivity index (χ0n) is 17.3. The van der Waals surface area contributed by atoms with E-state index >= 15 is 0 Å². The van der Waals surface area contributed by atoms with Crippen LogP contribution in [0.25, 0.3) is 0 Å². The molecule has 3 aromatic carbocycles. The molecule has 32 heavy (non-hydrogen) atoms. The lowest BCUT2D eigenvalue weighted by Gasteiger charge is -2.30. The highest BCUT2D eigenvalue weighted by Gasteiger charge is 2.38. The van der Waals surface area contributed by atoms with Crippen molar-refractivity contribution in [2.24, 2.45) is 0 Å². The van der Waals surface area contributed by atoms with Crippen molar-refractivity contribution < 1.29 is 17.9 Å². The molecule has 1 fully saturated rings. The van der Waals surface area contributed by atoms with Crippen LogP contribution in [0.5, 0.6) is 11.5 Å². The van der Waals surface area contributed by atoms with Crippen LogP contribution in [0.4, 0.5) is 11.4 Å². The van der Waals surface area contributed by atoms with Gasteiger partial charge in [-0.2, -0.15) is 0 Å². The SMILES string of the molecule is O=C(C1=CN(c2ccc(Oc3ccccc3)cc2)c2ccccc2S1(=O)=O)N1CCCC1. The molecule has 7 heteroatoms. The van der Waals surface area contributed by atoms with E-state index in [1.165, 1.54) is 6.20 Å². The Morgan fingerprint density at radius 2 is 1.41 bits per heavy atom. The minimum atomic E-state index is -3.91. The number of para-hydroxylation sites is 2. The molecule has 0 N–H and O–H groups in total. The van der Waals surface area contributed by atoms with Crippen molar-refractivity contribution in [3.8, 4) is 11.5 Å². The Labute approximate surface area is 187 Å². The molecule has 3 aromatic rings. The minimum Gasteiger partial charge on any atom is -0.457 e. The van der Waals surface area contributed by atoms with Crippen molar-refractivity contribution in [2.75, 3.05) is 18.0 Å². The molecule has 162 valence electrons. The van der Waals surface area contributed by atoms with E-state index in [0.717, 1.165) is 24.3 Å². The van der Waals surface area contributed by atoms with Crippen LogP contribution < -0.4 is 9.64 Å². The first-order valence-corrected chi connectivity index (χ1v) is 12.0. The second kappa shape index (κ2) is 8.16. The second-order valence-corrected chi connectivity index (χ2v) is 9.63. The van der Waals surface area contributed by atoms with Gasteiger partial charge in [0.1, 0.15) is 11.5 Å². The van der Waals surface area contributed by atoms with Crippen LogP contribution in [0, 0.1) is 0 Å². The topological polar surface area (TPSA) is 66.9 Å². The molecule has 0 bridgehead atoms. The number of rotatable bonds is 4. The van der Waals surface area contributed by atoms with Gasteiger partial charge < -0.3 is 14.5 Å². The third kappa shape index (κ3) is 3.65. The van der Waals surface area contributed by atoms with Gasteiger partial charge in [0.2, 0.25) is 9.84 Å². The van der Waals surface area contributed by atoms with Crippen molar-refractivity contribution in [3.05, 3.63) is 90.0 Å². The molecular weight excluding hydrogens is 424 g/mol. The monoisotopic (exact) mass is 446 g/mol. The van der Waals surface area contributed by atoms with Crippen LogP contribution in [-0.4, -0.2) is 32.3 Å². The standard InChI is InChI=1S/C25H22N2O4S/c28-25(26-16-6-7-17-26)24-18-27(22-10-4-5-11-23(22)32(24,29)30)19-12-14-21(15-13-19)31-20-8-2-1-3-9-20/h1-5,8-15,18H,6-7,16-17H2. The number of sulfone groups is 1. The van der Waals surface area contributed by atoms with Gasteiger partial charge >= 0.3 is 0 Å². The van der Waals surface area contributed by atoms with Gasteiger partial charge in [-0.05, 0) is 61.4 Å². The van der Waals surface area contributed by atoms with E-state index in [2.05, 4.69) is 0 Å². The highest BCUT2D eigenvalue weighted by atomic mass is 32.2. The van der Waals surface area contributed by atoms with Gasteiger partial charge in [0, 0.05) is 25.0 Å². The smallest absolute Gasteiger partial charge is 0.267 e. The summed E-state index contributed by atoms with van der Waals surface area (Å²) in [5.41, 5.74) is 1.25. The number of carbonyl (C=O) groups excluding carboxylic acids is 1. The summed E-state index contributed by atoms with van der Waals surface area (Å²) >= 11 is 0. The maximum absolute atomic E-state index is 13.3. The molecule has 0 atom stereocenters. The summed E-state index contributed by atoms with van der Waals surface area (Å²) in [6.07, 6.45) is 3.23. The van der Waals surface area contributed by atoms with Gasteiger partial charge in [-0.15, -0.1) is 0 Å². The quantitative estimate of drug-likeness (QED) is 0.572. The lowest BCUT2D eigenvalue weighted by Crippen LogP contribution is -2.35. The fourth-order valence-corrected chi connectivity index (χ4v) is 5.56. The van der Waals surface area contributed by atoms with E-state index in [1.54, 1.807) is 34.1 Å². The first-order valence-electron chi connectivity index (χ1n) is 10.5. The average molecular weight is 447 g/mol. The first-order chi connectivity index (χ1) is 15.5.